The standard InChI is InChI=1S/C10H17N5O/c1-7(2)6-16-4-3-13-9-5-8(11)14-10(12)15-9/h5H,1,3-4,6H2,2H3,(H5,11,12,13,14,15). The van der Waals surface area contributed by atoms with Crippen LogP contribution >= 0.6 is 0 Å². The molecule has 0 unspecified atom stereocenters. The number of anilines is 3. The maximum Gasteiger partial charge on any atom is 0.223 e. The first-order valence-electron chi connectivity index (χ1n) is 4.94. The second-order valence-electron chi connectivity index (χ2n) is 3.47. The van der Waals surface area contributed by atoms with Gasteiger partial charge in [0.25, 0.3) is 0 Å². The van der Waals surface area contributed by atoms with Crippen LogP contribution in [0.4, 0.5) is 17.6 Å². The van der Waals surface area contributed by atoms with Crippen LogP contribution in [-0.2, 0) is 4.74 Å². The van der Waals surface area contributed by atoms with Crippen LogP contribution in [0.2, 0.25) is 0 Å². The third kappa shape index (κ3) is 4.61. The van der Waals surface area contributed by atoms with Crippen molar-refractivity contribution in [2.24, 2.45) is 0 Å². The molecule has 0 amide bonds. The van der Waals surface area contributed by atoms with Crippen LogP contribution in [0.5, 0.6) is 0 Å². The summed E-state index contributed by atoms with van der Waals surface area (Å²) in [5, 5.41) is 3.03. The SMILES string of the molecule is C=C(C)COCCNc1cc(N)nc(N)n1. The summed E-state index contributed by atoms with van der Waals surface area (Å²) in [5.41, 5.74) is 12.0. The van der Waals surface area contributed by atoms with Gasteiger partial charge in [-0.2, -0.15) is 9.97 Å². The lowest BCUT2D eigenvalue weighted by Crippen LogP contribution is -2.12. The fourth-order valence-electron chi connectivity index (χ4n) is 1.07. The van der Waals surface area contributed by atoms with Gasteiger partial charge < -0.3 is 21.5 Å². The van der Waals surface area contributed by atoms with Crippen LogP contribution in [0.3, 0.4) is 0 Å². The molecule has 16 heavy (non-hydrogen) atoms. The number of rotatable bonds is 6. The largest absolute Gasteiger partial charge is 0.383 e. The van der Waals surface area contributed by atoms with E-state index < -0.39 is 0 Å². The molecule has 0 aliphatic heterocycles. The van der Waals surface area contributed by atoms with E-state index in [9.17, 15) is 0 Å². The Morgan fingerprint density at radius 2 is 2.25 bits per heavy atom. The number of nitrogen functional groups attached to an aromatic ring is 2. The molecule has 0 radical (unpaired) electrons. The van der Waals surface area contributed by atoms with Crippen molar-refractivity contribution in [2.75, 3.05) is 36.5 Å². The first-order valence-corrected chi connectivity index (χ1v) is 4.94. The molecule has 88 valence electrons. The minimum atomic E-state index is 0.158. The van der Waals surface area contributed by atoms with Crippen LogP contribution in [0.15, 0.2) is 18.2 Å². The zero-order chi connectivity index (χ0) is 12.0. The molecular formula is C10H17N5O. The monoisotopic (exact) mass is 223 g/mol. The van der Waals surface area contributed by atoms with Crippen molar-refractivity contribution in [3.8, 4) is 0 Å². The maximum atomic E-state index is 5.52. The molecule has 0 fully saturated rings. The van der Waals surface area contributed by atoms with Crippen LogP contribution in [0, 0.1) is 0 Å². The zero-order valence-corrected chi connectivity index (χ0v) is 9.36. The highest BCUT2D eigenvalue weighted by molar-refractivity contribution is 5.48. The highest BCUT2D eigenvalue weighted by atomic mass is 16.5. The van der Waals surface area contributed by atoms with Gasteiger partial charge >= 0.3 is 0 Å². The van der Waals surface area contributed by atoms with E-state index in [1.165, 1.54) is 0 Å². The van der Waals surface area contributed by atoms with E-state index >= 15 is 0 Å². The Morgan fingerprint density at radius 1 is 1.50 bits per heavy atom. The Morgan fingerprint density at radius 3 is 2.88 bits per heavy atom. The van der Waals surface area contributed by atoms with E-state index in [0.29, 0.717) is 31.4 Å². The Bertz CT molecular complexity index is 346. The van der Waals surface area contributed by atoms with Gasteiger partial charge in [0.2, 0.25) is 5.95 Å². The summed E-state index contributed by atoms with van der Waals surface area (Å²) < 4.78 is 5.31. The van der Waals surface area contributed by atoms with Crippen molar-refractivity contribution >= 4 is 17.6 Å². The first kappa shape index (κ1) is 12.3. The maximum absolute atomic E-state index is 5.52. The average molecular weight is 223 g/mol. The molecule has 0 spiro atoms. The van der Waals surface area contributed by atoms with Gasteiger partial charge in [-0.1, -0.05) is 12.2 Å². The van der Waals surface area contributed by atoms with Gasteiger partial charge in [0, 0.05) is 12.6 Å². The molecule has 1 aromatic heterocycles. The summed E-state index contributed by atoms with van der Waals surface area (Å²) in [7, 11) is 0. The summed E-state index contributed by atoms with van der Waals surface area (Å²) >= 11 is 0. The van der Waals surface area contributed by atoms with Crippen molar-refractivity contribution < 1.29 is 4.74 Å². The van der Waals surface area contributed by atoms with E-state index in [1.54, 1.807) is 6.07 Å². The summed E-state index contributed by atoms with van der Waals surface area (Å²) in [6.45, 7) is 7.41. The van der Waals surface area contributed by atoms with Gasteiger partial charge in [0.15, 0.2) is 0 Å². The Hall–Kier alpha value is -1.82. The molecule has 0 aromatic carbocycles. The number of hydrogen-bond donors (Lipinski definition) is 3. The second-order valence-corrected chi connectivity index (χ2v) is 3.47. The summed E-state index contributed by atoms with van der Waals surface area (Å²) in [5.74, 6) is 1.10. The molecular weight excluding hydrogens is 206 g/mol. The van der Waals surface area contributed by atoms with Crippen LogP contribution in [-0.4, -0.2) is 29.7 Å². The molecule has 0 aliphatic carbocycles. The van der Waals surface area contributed by atoms with E-state index in [-0.39, 0.29) is 5.95 Å². The van der Waals surface area contributed by atoms with E-state index in [2.05, 4.69) is 21.9 Å². The topological polar surface area (TPSA) is 99.1 Å². The van der Waals surface area contributed by atoms with Gasteiger partial charge in [-0.25, -0.2) is 0 Å². The van der Waals surface area contributed by atoms with Gasteiger partial charge in [-0.15, -0.1) is 0 Å². The first-order chi connectivity index (χ1) is 7.58. The quantitative estimate of drug-likeness (QED) is 0.483. The molecule has 0 saturated heterocycles. The van der Waals surface area contributed by atoms with E-state index in [1.807, 2.05) is 6.92 Å². The second kappa shape index (κ2) is 5.92. The van der Waals surface area contributed by atoms with Crippen LogP contribution in [0.1, 0.15) is 6.92 Å². The van der Waals surface area contributed by atoms with E-state index in [0.717, 1.165) is 5.57 Å². The molecule has 0 bridgehead atoms. The highest BCUT2D eigenvalue weighted by Crippen LogP contribution is 2.08. The Labute approximate surface area is 94.7 Å². The van der Waals surface area contributed by atoms with Gasteiger partial charge in [0.05, 0.1) is 13.2 Å². The van der Waals surface area contributed by atoms with E-state index in [4.69, 9.17) is 16.2 Å². The predicted molar refractivity (Wildman–Crippen MR) is 65.0 cm³/mol. The highest BCUT2D eigenvalue weighted by Gasteiger charge is 1.98. The number of ether oxygens (including phenoxy) is 1. The van der Waals surface area contributed by atoms with Gasteiger partial charge in [-0.3, -0.25) is 0 Å². The summed E-state index contributed by atoms with van der Waals surface area (Å²) in [6, 6.07) is 1.62. The number of nitrogens with two attached hydrogens (primary N) is 2. The molecule has 5 N–H and O–H groups in total. The third-order valence-corrected chi connectivity index (χ3v) is 1.66. The normalized spacial score (nSPS) is 10.1. The van der Waals surface area contributed by atoms with Crippen molar-refractivity contribution in [2.45, 2.75) is 6.92 Å². The van der Waals surface area contributed by atoms with Crippen molar-refractivity contribution in [1.82, 2.24) is 9.97 Å². The van der Waals surface area contributed by atoms with Crippen LogP contribution < -0.4 is 16.8 Å². The summed E-state index contributed by atoms with van der Waals surface area (Å²) in [6.07, 6.45) is 0. The average Bonchev–Trinajstić information content (AvgIpc) is 2.15. The van der Waals surface area contributed by atoms with Gasteiger partial charge in [-0.05, 0) is 6.92 Å². The number of nitrogens with zero attached hydrogens (tertiary/aromatic N) is 2. The number of aromatic nitrogens is 2. The van der Waals surface area contributed by atoms with Crippen LogP contribution in [0.25, 0.3) is 0 Å². The molecule has 1 heterocycles. The summed E-state index contributed by atoms with van der Waals surface area (Å²) in [4.78, 5) is 7.73. The Kier molecular flexibility index (Phi) is 4.53. The lowest BCUT2D eigenvalue weighted by atomic mass is 10.4. The number of nitrogens with one attached hydrogen (secondary N) is 1. The predicted octanol–water partition coefficient (Wildman–Crippen LogP) is 0.646. The van der Waals surface area contributed by atoms with Crippen molar-refractivity contribution in [3.63, 3.8) is 0 Å². The van der Waals surface area contributed by atoms with Crippen molar-refractivity contribution in [1.29, 1.82) is 0 Å². The molecule has 0 saturated carbocycles. The fourth-order valence-corrected chi connectivity index (χ4v) is 1.07. The molecule has 1 rings (SSSR count). The molecule has 1 aromatic rings. The minimum absolute atomic E-state index is 0.158. The molecule has 6 nitrogen and oxygen atoms in total. The zero-order valence-electron chi connectivity index (χ0n) is 9.36. The fraction of sp³-hybridized carbons (Fsp3) is 0.400. The third-order valence-electron chi connectivity index (χ3n) is 1.66. The molecule has 0 aliphatic rings. The smallest absolute Gasteiger partial charge is 0.223 e. The minimum Gasteiger partial charge on any atom is -0.383 e. The lowest BCUT2D eigenvalue weighted by Gasteiger charge is -2.07. The lowest BCUT2D eigenvalue weighted by molar-refractivity contribution is 0.167. The molecule has 0 atom stereocenters. The van der Waals surface area contributed by atoms with Gasteiger partial charge in [0.1, 0.15) is 11.6 Å². The number of hydrogen-bond acceptors (Lipinski definition) is 6. The Balaban J connectivity index is 2.29. The van der Waals surface area contributed by atoms with Crippen molar-refractivity contribution in [3.05, 3.63) is 18.2 Å². The molecule has 6 heteroatoms.